The number of aryl methyl sites for hydroxylation is 15. The predicted molar refractivity (Wildman–Crippen MR) is 394 cm³/mol. The lowest BCUT2D eigenvalue weighted by Gasteiger charge is -2.22. The topological polar surface area (TPSA) is 168 Å². The van der Waals surface area contributed by atoms with Crippen LogP contribution in [0.25, 0.3) is 22.3 Å². The summed E-state index contributed by atoms with van der Waals surface area (Å²) < 4.78 is 0. The number of benzene rings is 2. The van der Waals surface area contributed by atoms with Gasteiger partial charge in [0.05, 0.1) is 17.1 Å². The molecule has 10 aromatic rings. The van der Waals surface area contributed by atoms with Gasteiger partial charge in [0.15, 0.2) is 0 Å². The van der Waals surface area contributed by atoms with Crippen molar-refractivity contribution in [2.75, 3.05) is 0 Å². The zero-order valence-electron chi connectivity index (χ0n) is 62.9. The number of hydrogen-bond donors (Lipinski definition) is 0. The molecule has 0 amide bonds. The lowest BCUT2D eigenvalue weighted by atomic mass is 9.91. The van der Waals surface area contributed by atoms with Gasteiger partial charge >= 0.3 is 0 Å². The zero-order chi connectivity index (χ0) is 71.1. The minimum Gasteiger partial charge on any atom is -0.264 e. The average molecular weight is 1270 g/mol. The van der Waals surface area contributed by atoms with Crippen molar-refractivity contribution in [1.29, 1.82) is 0 Å². The smallest absolute Gasteiger partial charge is 0.137 e. The Hall–Kier alpha value is -8.71. The van der Waals surface area contributed by atoms with E-state index in [9.17, 15) is 0 Å². The van der Waals surface area contributed by atoms with Crippen LogP contribution < -0.4 is 0 Å². The molecule has 0 aliphatic carbocycles. The highest BCUT2D eigenvalue weighted by Crippen LogP contribution is 2.26. The van der Waals surface area contributed by atoms with Gasteiger partial charge in [-0.1, -0.05) is 156 Å². The van der Waals surface area contributed by atoms with Gasteiger partial charge in [0.1, 0.15) is 29.1 Å². The van der Waals surface area contributed by atoms with Crippen LogP contribution in [0.4, 0.5) is 0 Å². The van der Waals surface area contributed by atoms with Crippen LogP contribution in [0.5, 0.6) is 0 Å². The fourth-order valence-electron chi connectivity index (χ4n) is 8.81. The van der Waals surface area contributed by atoms with Crippen LogP contribution in [-0.2, 0) is 21.7 Å². The van der Waals surface area contributed by atoms with E-state index in [0.717, 1.165) is 97.4 Å². The van der Waals surface area contributed by atoms with Crippen LogP contribution >= 0.6 is 0 Å². The van der Waals surface area contributed by atoms with E-state index in [-0.39, 0.29) is 21.7 Å². The van der Waals surface area contributed by atoms with Gasteiger partial charge in [-0.25, -0.2) is 34.9 Å². The van der Waals surface area contributed by atoms with Gasteiger partial charge in [0.2, 0.25) is 0 Å². The number of hydrogen-bond acceptors (Lipinski definition) is 13. The van der Waals surface area contributed by atoms with Crippen LogP contribution in [0.1, 0.15) is 208 Å². The molecule has 0 radical (unpaired) electrons. The summed E-state index contributed by atoms with van der Waals surface area (Å²) in [5.74, 6) is 4.36. The molecule has 0 spiro atoms. The summed E-state index contributed by atoms with van der Waals surface area (Å²) >= 11 is 0. The number of pyridine rings is 4. The predicted octanol–water partition coefficient (Wildman–Crippen LogP) is 19.7. The molecule has 8 aromatic heterocycles. The molecular weight excluding hydrogens is 1150 g/mol. The van der Waals surface area contributed by atoms with Crippen molar-refractivity contribution in [3.63, 3.8) is 0 Å². The number of aromatic nitrogens is 13. The average Bonchev–Trinajstić information content (AvgIpc) is 0.867. The monoisotopic (exact) mass is 1270 g/mol. The maximum absolute atomic E-state index is 4.55. The van der Waals surface area contributed by atoms with Crippen molar-refractivity contribution in [3.8, 4) is 22.3 Å². The molecule has 0 N–H and O–H groups in total. The maximum atomic E-state index is 4.55. The van der Waals surface area contributed by atoms with Gasteiger partial charge in [-0.15, -0.1) is 0 Å². The minimum atomic E-state index is -0.0201. The Morgan fingerprint density at radius 2 is 0.723 bits per heavy atom. The molecule has 0 saturated carbocycles. The molecule has 0 bridgehead atoms. The number of nitrogens with zero attached hydrogens (tertiary/aromatic N) is 13. The van der Waals surface area contributed by atoms with Crippen molar-refractivity contribution in [3.05, 3.63) is 253 Å². The first kappa shape index (κ1) is 79.5. The third-order valence-corrected chi connectivity index (χ3v) is 15.0. The Labute approximate surface area is 566 Å². The molecule has 13 nitrogen and oxygen atoms in total. The molecule has 500 valence electrons. The molecule has 0 saturated heterocycles. The standard InChI is InChI=1S/C13H13N.C12H21N3.C12H11N.C11H18N2.C10H15N.C8H12N2.C8H11N.C7H10N2/c1-10-8-14-9-13(11(10)2)12-6-4-3-5-7-12;1-8-13-9(11(2,3)4)15-10(14-8)12(5,6)7;1-10-12(8-5-9-13-10)11-6-3-2-4-7-11;1-7-8(2)12-10(11(4,5)6)13-9(7)3;1-8-6-5-7-9(11-8)10(2,3)4;1-5-6(2)9-8(4)10-7(5)3;1-6-4-7(2)9-8(3)5-6;1-5-4-8-6(2)7(3)9-5/h3-9H,1-2H3;1-7H3;2-9H,1H3;1-6H3;5-7H,1-4H3;1-4H3;4-5H,1-3H3;4H,1-3H3. The zero-order valence-corrected chi connectivity index (χ0v) is 62.9. The van der Waals surface area contributed by atoms with Crippen LogP contribution in [0.3, 0.4) is 0 Å². The Morgan fingerprint density at radius 3 is 1.13 bits per heavy atom. The maximum Gasteiger partial charge on any atom is 0.137 e. The summed E-state index contributed by atoms with van der Waals surface area (Å²) in [7, 11) is 0. The molecule has 8 heterocycles. The molecule has 0 fully saturated rings. The van der Waals surface area contributed by atoms with E-state index >= 15 is 0 Å². The molecule has 0 unspecified atom stereocenters. The third kappa shape index (κ3) is 27.5. The molecular formula is C81H111N13. The lowest BCUT2D eigenvalue weighted by Crippen LogP contribution is -2.24. The number of rotatable bonds is 2. The second-order valence-electron chi connectivity index (χ2n) is 28.2. The van der Waals surface area contributed by atoms with Crippen molar-refractivity contribution >= 4 is 0 Å². The Balaban J connectivity index is 0.000000282. The van der Waals surface area contributed by atoms with Crippen LogP contribution in [0, 0.1) is 125 Å². The van der Waals surface area contributed by atoms with Gasteiger partial charge in [-0.05, 0) is 194 Å². The van der Waals surface area contributed by atoms with Crippen molar-refractivity contribution in [2.45, 2.75) is 229 Å². The highest BCUT2D eigenvalue weighted by Gasteiger charge is 2.24. The summed E-state index contributed by atoms with van der Waals surface area (Å²) in [5, 5.41) is 0. The normalized spacial score (nSPS) is 10.9. The first-order chi connectivity index (χ1) is 43.6. The summed E-state index contributed by atoms with van der Waals surface area (Å²) in [6, 6.07) is 35.0. The van der Waals surface area contributed by atoms with E-state index in [1.54, 1.807) is 6.20 Å². The van der Waals surface area contributed by atoms with E-state index in [1.165, 1.54) is 50.1 Å². The molecule has 0 aliphatic heterocycles. The van der Waals surface area contributed by atoms with Gasteiger partial charge in [-0.2, -0.15) is 0 Å². The van der Waals surface area contributed by atoms with Crippen LogP contribution in [0.2, 0.25) is 0 Å². The highest BCUT2D eigenvalue weighted by molar-refractivity contribution is 5.67. The van der Waals surface area contributed by atoms with Gasteiger partial charge in [0.25, 0.3) is 0 Å². The van der Waals surface area contributed by atoms with E-state index in [4.69, 9.17) is 0 Å². The fraction of sp³-hybridized carbons (Fsp3) is 0.420. The SMILES string of the molecule is Cc1cc(C)nc(C)c1.Cc1cccc(C(C)(C)C)n1.Cc1cnc(C)c(C)n1.Cc1cncc(-c2ccccc2)c1C.Cc1nc(C(C)(C)C)nc(C(C)(C)C)n1.Cc1nc(C(C)(C)C)nc(C)c1C.Cc1nc(C)c(C)c(C)n1.Cc1ncccc1-c1ccccc1. The first-order valence-corrected chi connectivity index (χ1v) is 32.5. The van der Waals surface area contributed by atoms with Crippen molar-refractivity contribution in [2.24, 2.45) is 0 Å². The summed E-state index contributed by atoms with van der Waals surface area (Å²) in [6.07, 6.45) is 7.43. The minimum absolute atomic E-state index is 0.0201. The highest BCUT2D eigenvalue weighted by atomic mass is 15.0. The van der Waals surface area contributed by atoms with E-state index in [1.807, 2.05) is 152 Å². The largest absolute Gasteiger partial charge is 0.264 e. The lowest BCUT2D eigenvalue weighted by molar-refractivity contribution is 0.491. The Bertz CT molecular complexity index is 3850. The van der Waals surface area contributed by atoms with Gasteiger partial charge in [-0.3, -0.25) is 29.9 Å². The Kier molecular flexibility index (Phi) is 30.5. The summed E-state index contributed by atoms with van der Waals surface area (Å²) in [6.45, 7) is 62.0. The van der Waals surface area contributed by atoms with Crippen molar-refractivity contribution < 1.29 is 0 Å². The molecule has 0 atom stereocenters. The fourth-order valence-corrected chi connectivity index (χ4v) is 8.81. The van der Waals surface area contributed by atoms with Gasteiger partial charge in [0, 0.05) is 109 Å². The molecule has 94 heavy (non-hydrogen) atoms. The van der Waals surface area contributed by atoms with E-state index in [2.05, 4.69) is 242 Å². The first-order valence-electron chi connectivity index (χ1n) is 32.5. The van der Waals surface area contributed by atoms with Crippen LogP contribution in [0.15, 0.2) is 128 Å². The van der Waals surface area contributed by atoms with E-state index in [0.29, 0.717) is 0 Å². The second-order valence-corrected chi connectivity index (χ2v) is 28.2. The summed E-state index contributed by atoms with van der Waals surface area (Å²) in [5.41, 5.74) is 24.3. The second kappa shape index (κ2) is 36.1. The Morgan fingerprint density at radius 1 is 0.277 bits per heavy atom. The molecule has 10 rings (SSSR count). The quantitative estimate of drug-likeness (QED) is 0.160. The molecule has 13 heteroatoms. The molecule has 2 aromatic carbocycles. The molecule has 0 aliphatic rings. The van der Waals surface area contributed by atoms with Gasteiger partial charge < -0.3 is 0 Å². The van der Waals surface area contributed by atoms with Crippen molar-refractivity contribution in [1.82, 2.24) is 64.8 Å². The summed E-state index contributed by atoms with van der Waals surface area (Å²) in [4.78, 5) is 56.3. The van der Waals surface area contributed by atoms with E-state index < -0.39 is 0 Å². The van der Waals surface area contributed by atoms with Crippen LogP contribution in [-0.4, -0.2) is 64.8 Å². The third-order valence-electron chi connectivity index (χ3n) is 15.0.